The molecule has 262 valence electrons. The van der Waals surface area contributed by atoms with Crippen molar-refractivity contribution in [1.82, 2.24) is 15.1 Å². The van der Waals surface area contributed by atoms with E-state index in [2.05, 4.69) is 5.32 Å². The summed E-state index contributed by atoms with van der Waals surface area (Å²) in [5.74, 6) is -11.0. The van der Waals surface area contributed by atoms with Crippen LogP contribution in [0.1, 0.15) is 59.6 Å². The van der Waals surface area contributed by atoms with Gasteiger partial charge in [-0.05, 0) is 23.6 Å². The largest absolute Gasteiger partial charge is 0.454 e. The number of nitrogens with zero attached hydrogens (tertiary/aromatic N) is 2. The summed E-state index contributed by atoms with van der Waals surface area (Å²) < 4.78 is 59.6. The Hall–Kier alpha value is -5.54. The Bertz CT molecular complexity index is 1680. The lowest BCUT2D eigenvalue weighted by Crippen LogP contribution is -2.73. The number of carbonyl (C=O) groups is 7. The van der Waals surface area contributed by atoms with Crippen molar-refractivity contribution in [3.8, 4) is 17.2 Å². The lowest BCUT2D eigenvalue weighted by atomic mass is 9.87. The van der Waals surface area contributed by atoms with Gasteiger partial charge in [-0.15, -0.1) is 0 Å². The quantitative estimate of drug-likeness (QED) is 0.287. The molecule has 0 radical (unpaired) electrons. The standard InChI is InChI=1S/C33H34F3N3O10/c1-17(2)28-30(45)39(32(37-18(3)40,31(46)33(34,35)36)15-23-11-9-8-10-12-23)25(16-38(28)19(4)41)24-13-26(47-20(5)42)29(49-22(7)44)27(14-24)48-21(6)43/h8-14,16-17,28H,15H2,1-7H3,(H,37,40). The molecule has 1 N–H and O–H groups in total. The molecule has 3 rings (SSSR count). The first kappa shape index (κ1) is 37.9. The first-order valence-electron chi connectivity index (χ1n) is 14.7. The van der Waals surface area contributed by atoms with Crippen molar-refractivity contribution in [3.05, 3.63) is 59.8 Å². The summed E-state index contributed by atoms with van der Waals surface area (Å²) >= 11 is 0. The van der Waals surface area contributed by atoms with Crippen LogP contribution >= 0.6 is 0 Å². The smallest absolute Gasteiger partial charge is 0.423 e. The monoisotopic (exact) mass is 689 g/mol. The van der Waals surface area contributed by atoms with E-state index in [-0.39, 0.29) is 11.1 Å². The van der Waals surface area contributed by atoms with Crippen molar-refractivity contribution in [2.75, 3.05) is 0 Å². The van der Waals surface area contributed by atoms with Crippen molar-refractivity contribution in [2.24, 2.45) is 5.92 Å². The van der Waals surface area contributed by atoms with Crippen molar-refractivity contribution >= 4 is 47.1 Å². The van der Waals surface area contributed by atoms with Crippen LogP contribution in [0.5, 0.6) is 17.2 Å². The van der Waals surface area contributed by atoms with Crippen LogP contribution in [0.3, 0.4) is 0 Å². The number of amides is 3. The number of rotatable bonds is 10. The number of hydrogen-bond donors (Lipinski definition) is 1. The molecule has 1 heterocycles. The van der Waals surface area contributed by atoms with Crippen molar-refractivity contribution in [1.29, 1.82) is 0 Å². The third-order valence-electron chi connectivity index (χ3n) is 7.04. The minimum Gasteiger partial charge on any atom is -0.423 e. The fourth-order valence-corrected chi connectivity index (χ4v) is 5.40. The highest BCUT2D eigenvalue weighted by Gasteiger charge is 2.61. The Kier molecular flexibility index (Phi) is 11.4. The van der Waals surface area contributed by atoms with Gasteiger partial charge in [0.05, 0.1) is 5.70 Å². The van der Waals surface area contributed by atoms with Gasteiger partial charge in [-0.1, -0.05) is 44.2 Å². The highest BCUT2D eigenvalue weighted by atomic mass is 19.4. The Labute approximate surface area is 278 Å². The second kappa shape index (κ2) is 14.7. The van der Waals surface area contributed by atoms with Gasteiger partial charge in [0.2, 0.25) is 17.6 Å². The number of nitrogens with one attached hydrogen (secondary N) is 1. The van der Waals surface area contributed by atoms with Gasteiger partial charge in [0.25, 0.3) is 11.7 Å². The molecular formula is C33H34F3N3O10. The first-order chi connectivity index (χ1) is 22.7. The van der Waals surface area contributed by atoms with E-state index in [9.17, 15) is 46.7 Å². The molecule has 3 amide bonds. The minimum atomic E-state index is -5.64. The third-order valence-corrected chi connectivity index (χ3v) is 7.04. The lowest BCUT2D eigenvalue weighted by Gasteiger charge is -2.49. The Morgan fingerprint density at radius 2 is 1.35 bits per heavy atom. The maximum Gasteiger partial charge on any atom is 0.454 e. The van der Waals surface area contributed by atoms with Gasteiger partial charge in [-0.2, -0.15) is 13.2 Å². The first-order valence-corrected chi connectivity index (χ1v) is 14.7. The predicted octanol–water partition coefficient (Wildman–Crippen LogP) is 3.68. The number of halogens is 3. The number of Topliss-reactive ketones (excluding diaryl/α,β-unsaturated/α-hetero) is 1. The molecule has 0 aliphatic carbocycles. The van der Waals surface area contributed by atoms with E-state index < -0.39 is 94.6 Å². The summed E-state index contributed by atoms with van der Waals surface area (Å²) in [7, 11) is 0. The van der Waals surface area contributed by atoms with Crippen LogP contribution in [-0.4, -0.2) is 69.1 Å². The van der Waals surface area contributed by atoms with Crippen LogP contribution < -0.4 is 19.5 Å². The molecule has 1 aliphatic heterocycles. The second-order valence-electron chi connectivity index (χ2n) is 11.4. The molecule has 1 aliphatic rings. The summed E-state index contributed by atoms with van der Waals surface area (Å²) in [6, 6.07) is 7.71. The van der Waals surface area contributed by atoms with Gasteiger partial charge in [0, 0.05) is 52.8 Å². The number of carbonyl (C=O) groups excluding carboxylic acids is 7. The molecule has 0 saturated heterocycles. The molecule has 0 saturated carbocycles. The van der Waals surface area contributed by atoms with E-state index in [1.807, 2.05) is 0 Å². The third kappa shape index (κ3) is 8.49. The van der Waals surface area contributed by atoms with Gasteiger partial charge in [0.1, 0.15) is 6.04 Å². The van der Waals surface area contributed by atoms with Crippen LogP contribution in [0, 0.1) is 5.92 Å². The van der Waals surface area contributed by atoms with E-state index in [1.54, 1.807) is 6.07 Å². The van der Waals surface area contributed by atoms with Crippen LogP contribution in [0.2, 0.25) is 0 Å². The highest BCUT2D eigenvalue weighted by Crippen LogP contribution is 2.45. The van der Waals surface area contributed by atoms with Gasteiger partial charge in [0.15, 0.2) is 17.2 Å². The van der Waals surface area contributed by atoms with E-state index in [4.69, 9.17) is 14.2 Å². The Balaban J connectivity index is 2.60. The van der Waals surface area contributed by atoms with Gasteiger partial charge in [-0.25, -0.2) is 0 Å². The molecule has 2 aromatic carbocycles. The Morgan fingerprint density at radius 3 is 1.76 bits per heavy atom. The number of benzene rings is 2. The second-order valence-corrected chi connectivity index (χ2v) is 11.4. The van der Waals surface area contributed by atoms with Crippen LogP contribution in [-0.2, 0) is 40.0 Å². The fourth-order valence-electron chi connectivity index (χ4n) is 5.40. The summed E-state index contributed by atoms with van der Waals surface area (Å²) in [6.45, 7) is 7.91. The molecule has 2 atom stereocenters. The van der Waals surface area contributed by atoms with Gasteiger partial charge >= 0.3 is 24.1 Å². The SMILES string of the molecule is CC(=O)NC(Cc1ccccc1)(C(=O)C(F)(F)F)N1C(=O)C(C(C)C)N(C(C)=O)C=C1c1cc(OC(C)=O)c(OC(C)=O)c(OC(C)=O)c1. The molecule has 2 aromatic rings. The molecule has 0 aromatic heterocycles. The molecular weight excluding hydrogens is 655 g/mol. The molecule has 0 fully saturated rings. The average molecular weight is 690 g/mol. The van der Waals surface area contributed by atoms with Crippen molar-refractivity contribution in [2.45, 2.75) is 72.8 Å². The van der Waals surface area contributed by atoms with Crippen LogP contribution in [0.4, 0.5) is 13.2 Å². The van der Waals surface area contributed by atoms with Crippen LogP contribution in [0.25, 0.3) is 5.70 Å². The Morgan fingerprint density at radius 1 is 0.837 bits per heavy atom. The number of alkyl halides is 3. The zero-order valence-electron chi connectivity index (χ0n) is 27.6. The number of hydrogen-bond acceptors (Lipinski definition) is 10. The molecule has 0 spiro atoms. The summed E-state index contributed by atoms with van der Waals surface area (Å²) in [4.78, 5) is 91.6. The number of ketones is 1. The van der Waals surface area contributed by atoms with E-state index in [0.717, 1.165) is 57.9 Å². The van der Waals surface area contributed by atoms with Crippen molar-refractivity contribution in [3.63, 3.8) is 0 Å². The maximum absolute atomic E-state index is 14.7. The summed E-state index contributed by atoms with van der Waals surface area (Å²) in [6.07, 6.45) is -5.55. The average Bonchev–Trinajstić information content (AvgIpc) is 2.96. The fraction of sp³-hybridized carbons (Fsp3) is 0.364. The van der Waals surface area contributed by atoms with Crippen molar-refractivity contribution < 1.29 is 60.9 Å². The maximum atomic E-state index is 14.7. The number of ether oxygens (including phenoxy) is 3. The zero-order chi connectivity index (χ0) is 37.0. The molecule has 13 nitrogen and oxygen atoms in total. The lowest BCUT2D eigenvalue weighted by molar-refractivity contribution is -0.187. The van der Waals surface area contributed by atoms with E-state index >= 15 is 0 Å². The normalized spacial score (nSPS) is 15.9. The van der Waals surface area contributed by atoms with E-state index in [0.29, 0.717) is 4.90 Å². The van der Waals surface area contributed by atoms with E-state index in [1.165, 1.54) is 38.1 Å². The number of esters is 3. The predicted molar refractivity (Wildman–Crippen MR) is 164 cm³/mol. The molecule has 0 bridgehead atoms. The molecule has 16 heteroatoms. The zero-order valence-corrected chi connectivity index (χ0v) is 27.6. The topological polar surface area (TPSA) is 166 Å². The summed E-state index contributed by atoms with van der Waals surface area (Å²) in [5.41, 5.74) is -4.05. The minimum absolute atomic E-state index is 0.0995. The molecule has 2 unspecified atom stereocenters. The molecule has 49 heavy (non-hydrogen) atoms. The van der Waals surface area contributed by atoms with Gasteiger partial charge in [-0.3, -0.25) is 38.5 Å². The summed E-state index contributed by atoms with van der Waals surface area (Å²) in [5, 5.41) is 2.10. The van der Waals surface area contributed by atoms with Crippen LogP contribution in [0.15, 0.2) is 48.7 Å². The van der Waals surface area contributed by atoms with Gasteiger partial charge < -0.3 is 24.4 Å². The highest BCUT2D eigenvalue weighted by molar-refractivity contribution is 6.06.